The minimum atomic E-state index is -0.934. The quantitative estimate of drug-likeness (QED) is 0.643. The number of hydrogen-bond acceptors (Lipinski definition) is 3. The van der Waals surface area contributed by atoms with Crippen molar-refractivity contribution in [3.63, 3.8) is 0 Å². The largest absolute Gasteiger partial charge is 0.255 e. The molecule has 0 spiro atoms. The zero-order valence-corrected chi connectivity index (χ0v) is 14.7. The fourth-order valence-corrected chi connectivity index (χ4v) is 4.20. The molecule has 3 rings (SSSR count). The molecule has 0 aliphatic rings. The predicted octanol–water partition coefficient (Wildman–Crippen LogP) is 3.56. The molecule has 25 heavy (non-hydrogen) atoms. The van der Waals surface area contributed by atoms with E-state index in [1.54, 1.807) is 18.2 Å². The second kappa shape index (κ2) is 7.78. The zero-order valence-electron chi connectivity index (χ0n) is 13.8. The molecule has 122 valence electrons. The maximum Gasteiger partial charge on any atom is 0.0753 e. The summed E-state index contributed by atoms with van der Waals surface area (Å²) < 4.78 is 0. The van der Waals surface area contributed by atoms with Crippen LogP contribution < -0.4 is 16.3 Å². The van der Waals surface area contributed by atoms with Crippen LogP contribution in [0.25, 0.3) is 18.2 Å². The van der Waals surface area contributed by atoms with E-state index < -0.39 is 7.92 Å². The van der Waals surface area contributed by atoms with E-state index in [9.17, 15) is 0 Å². The molecule has 0 bridgehead atoms. The van der Waals surface area contributed by atoms with Crippen molar-refractivity contribution in [2.45, 2.75) is 0 Å². The molecule has 0 saturated carbocycles. The lowest BCUT2D eigenvalue weighted by Crippen LogP contribution is -2.26. The molecule has 0 radical (unpaired) electrons. The molecule has 0 aliphatic carbocycles. The fourth-order valence-electron chi connectivity index (χ4n) is 2.30. The van der Waals surface area contributed by atoms with Gasteiger partial charge in [-0.05, 0) is 34.9 Å². The van der Waals surface area contributed by atoms with E-state index in [1.165, 1.54) is 0 Å². The third-order valence-electron chi connectivity index (χ3n) is 3.71. The van der Waals surface area contributed by atoms with Crippen molar-refractivity contribution in [2.75, 3.05) is 0 Å². The van der Waals surface area contributed by atoms with Gasteiger partial charge in [0.25, 0.3) is 0 Å². The van der Waals surface area contributed by atoms with Crippen molar-refractivity contribution in [2.24, 2.45) is 0 Å². The molecule has 0 fully saturated rings. The van der Waals surface area contributed by atoms with E-state index in [-0.39, 0.29) is 0 Å². The lowest BCUT2D eigenvalue weighted by atomic mass is 10.3. The summed E-state index contributed by atoms with van der Waals surface area (Å²) in [5, 5.41) is 0. The Morgan fingerprint density at radius 2 is 0.880 bits per heavy atom. The normalized spacial score (nSPS) is 10.4. The van der Waals surface area contributed by atoms with Crippen molar-refractivity contribution in [3.05, 3.63) is 91.4 Å². The molecule has 3 aromatic rings. The third-order valence-corrected chi connectivity index (χ3v) is 5.87. The molecule has 0 aromatic carbocycles. The van der Waals surface area contributed by atoms with Gasteiger partial charge < -0.3 is 0 Å². The molecular formula is C21H18N3P. The summed E-state index contributed by atoms with van der Waals surface area (Å²) in [5.74, 6) is 0. The summed E-state index contributed by atoms with van der Waals surface area (Å²) in [4.78, 5) is 13.9. The Hall–Kier alpha value is -2.90. The number of hydrogen-bond donors (Lipinski definition) is 0. The van der Waals surface area contributed by atoms with Gasteiger partial charge in [-0.2, -0.15) is 0 Å². The smallest absolute Gasteiger partial charge is 0.0753 e. The minimum absolute atomic E-state index is 0.934. The maximum absolute atomic E-state index is 4.63. The third kappa shape index (κ3) is 3.78. The zero-order chi connectivity index (χ0) is 17.6. The van der Waals surface area contributed by atoms with Crippen molar-refractivity contribution < 1.29 is 0 Å². The van der Waals surface area contributed by atoms with Crippen molar-refractivity contribution >= 4 is 42.5 Å². The van der Waals surface area contributed by atoms with E-state index in [0.717, 1.165) is 33.0 Å². The SMILES string of the molecule is C=Cc1ccc(P(c2ccc(C=C)cn2)c2ccc(C=C)cn2)nc1. The van der Waals surface area contributed by atoms with Crippen molar-refractivity contribution in [1.82, 2.24) is 15.0 Å². The molecule has 3 heterocycles. The molecule has 0 N–H and O–H groups in total. The van der Waals surface area contributed by atoms with Gasteiger partial charge in [0.05, 0.1) is 16.3 Å². The average Bonchev–Trinajstić information content (AvgIpc) is 2.70. The highest BCUT2D eigenvalue weighted by molar-refractivity contribution is 7.79. The van der Waals surface area contributed by atoms with Gasteiger partial charge >= 0.3 is 0 Å². The summed E-state index contributed by atoms with van der Waals surface area (Å²) in [5.41, 5.74) is 5.84. The van der Waals surface area contributed by atoms with E-state index in [1.807, 2.05) is 55.0 Å². The fraction of sp³-hybridized carbons (Fsp3) is 0. The van der Waals surface area contributed by atoms with Crippen LogP contribution in [-0.2, 0) is 0 Å². The Kier molecular flexibility index (Phi) is 5.27. The van der Waals surface area contributed by atoms with Gasteiger partial charge in [-0.15, -0.1) is 0 Å². The molecule has 4 heteroatoms. The summed E-state index contributed by atoms with van der Waals surface area (Å²) in [6.45, 7) is 11.3. The second-order valence-corrected chi connectivity index (χ2v) is 7.34. The lowest BCUT2D eigenvalue weighted by Gasteiger charge is -2.16. The van der Waals surface area contributed by atoms with Gasteiger partial charge in [0.1, 0.15) is 0 Å². The van der Waals surface area contributed by atoms with E-state index >= 15 is 0 Å². The predicted molar refractivity (Wildman–Crippen MR) is 109 cm³/mol. The first kappa shape index (κ1) is 16.9. The average molecular weight is 343 g/mol. The van der Waals surface area contributed by atoms with Crippen LogP contribution in [0.1, 0.15) is 16.7 Å². The molecule has 0 amide bonds. The van der Waals surface area contributed by atoms with Crippen LogP contribution in [0.4, 0.5) is 0 Å². The summed E-state index contributed by atoms with van der Waals surface area (Å²) in [7, 11) is -0.934. The first-order chi connectivity index (χ1) is 12.2. The first-order valence-corrected chi connectivity index (χ1v) is 9.15. The van der Waals surface area contributed by atoms with Crippen LogP contribution in [0, 0.1) is 0 Å². The summed E-state index contributed by atoms with van der Waals surface area (Å²) in [6.07, 6.45) is 10.8. The highest BCUT2D eigenvalue weighted by Gasteiger charge is 2.20. The van der Waals surface area contributed by atoms with Gasteiger partial charge in [0, 0.05) is 26.5 Å². The molecule has 3 aromatic heterocycles. The van der Waals surface area contributed by atoms with Crippen LogP contribution in [0.3, 0.4) is 0 Å². The molecule has 3 nitrogen and oxygen atoms in total. The Bertz CT molecular complexity index is 759. The van der Waals surface area contributed by atoms with Gasteiger partial charge in [-0.3, -0.25) is 15.0 Å². The van der Waals surface area contributed by atoms with Gasteiger partial charge in [0.15, 0.2) is 0 Å². The first-order valence-electron chi connectivity index (χ1n) is 7.81. The van der Waals surface area contributed by atoms with Crippen LogP contribution in [0.5, 0.6) is 0 Å². The minimum Gasteiger partial charge on any atom is -0.255 e. The van der Waals surface area contributed by atoms with Gasteiger partial charge in [0.2, 0.25) is 0 Å². The molecule has 0 saturated heterocycles. The Morgan fingerprint density at radius 1 is 0.560 bits per heavy atom. The van der Waals surface area contributed by atoms with E-state index in [4.69, 9.17) is 0 Å². The Labute approximate surface area is 149 Å². The van der Waals surface area contributed by atoms with Crippen LogP contribution in [0.2, 0.25) is 0 Å². The lowest BCUT2D eigenvalue weighted by molar-refractivity contribution is 1.34. The number of pyridine rings is 3. The highest BCUT2D eigenvalue weighted by Crippen LogP contribution is 2.30. The summed E-state index contributed by atoms with van der Waals surface area (Å²) in [6, 6.07) is 12.1. The Balaban J connectivity index is 2.09. The van der Waals surface area contributed by atoms with Crippen molar-refractivity contribution in [3.8, 4) is 0 Å². The van der Waals surface area contributed by atoms with Crippen molar-refractivity contribution in [1.29, 1.82) is 0 Å². The van der Waals surface area contributed by atoms with Crippen LogP contribution in [0.15, 0.2) is 74.7 Å². The van der Waals surface area contributed by atoms with E-state index in [2.05, 4.69) is 34.7 Å². The topological polar surface area (TPSA) is 38.7 Å². The maximum atomic E-state index is 4.63. The molecule has 0 aliphatic heterocycles. The number of nitrogens with zero attached hydrogens (tertiary/aromatic N) is 3. The van der Waals surface area contributed by atoms with E-state index in [0.29, 0.717) is 0 Å². The monoisotopic (exact) mass is 343 g/mol. The number of aromatic nitrogens is 3. The number of rotatable bonds is 6. The second-order valence-electron chi connectivity index (χ2n) is 5.30. The highest BCUT2D eigenvalue weighted by atomic mass is 31.1. The molecule has 0 unspecified atom stereocenters. The molecular weight excluding hydrogens is 325 g/mol. The van der Waals surface area contributed by atoms with Crippen LogP contribution in [-0.4, -0.2) is 15.0 Å². The standard InChI is InChI=1S/C21H18N3P/c1-4-16-7-10-19(22-13-16)25(20-11-8-17(5-2)14-23-20)21-12-9-18(6-3)15-24-21/h4-15H,1-3H2. The van der Waals surface area contributed by atoms with Crippen LogP contribution >= 0.6 is 7.92 Å². The summed E-state index contributed by atoms with van der Waals surface area (Å²) >= 11 is 0. The molecule has 0 atom stereocenters. The van der Waals surface area contributed by atoms with Gasteiger partial charge in [-0.25, -0.2) is 0 Å². The Morgan fingerprint density at radius 3 is 1.08 bits per heavy atom. The van der Waals surface area contributed by atoms with Gasteiger partial charge in [-0.1, -0.05) is 56.2 Å².